The molecule has 0 aliphatic heterocycles. The Morgan fingerprint density at radius 2 is 2.00 bits per heavy atom. The lowest BCUT2D eigenvalue weighted by Crippen LogP contribution is -2.44. The van der Waals surface area contributed by atoms with Gasteiger partial charge < -0.3 is 14.9 Å². The van der Waals surface area contributed by atoms with Gasteiger partial charge in [0.15, 0.2) is 0 Å². The van der Waals surface area contributed by atoms with Crippen LogP contribution in [0, 0.1) is 11.7 Å². The van der Waals surface area contributed by atoms with Gasteiger partial charge in [-0.2, -0.15) is 0 Å². The number of carboxylic acid groups (broad SMARTS) is 1. The fraction of sp³-hybridized carbons (Fsp3) is 0.467. The van der Waals surface area contributed by atoms with Crippen LogP contribution < -0.4 is 0 Å². The monoisotopic (exact) mass is 294 g/mol. The third-order valence-corrected chi connectivity index (χ3v) is 3.46. The minimum absolute atomic E-state index is 0.117. The normalized spacial score (nSPS) is 13.8. The average Bonchev–Trinajstić information content (AvgIpc) is 3.23. The van der Waals surface area contributed by atoms with E-state index < -0.39 is 5.97 Å². The molecule has 1 fully saturated rings. The Balaban J connectivity index is 2.01. The van der Waals surface area contributed by atoms with Crippen molar-refractivity contribution >= 4 is 12.0 Å². The Hall–Kier alpha value is -2.11. The van der Waals surface area contributed by atoms with Gasteiger partial charge in [0.05, 0.1) is 0 Å². The van der Waals surface area contributed by atoms with E-state index in [0.717, 1.165) is 12.8 Å². The van der Waals surface area contributed by atoms with E-state index >= 15 is 0 Å². The number of halogens is 1. The van der Waals surface area contributed by atoms with E-state index in [1.165, 1.54) is 15.9 Å². The highest BCUT2D eigenvalue weighted by molar-refractivity contribution is 5.80. The van der Waals surface area contributed by atoms with Gasteiger partial charge in [0.25, 0.3) is 0 Å². The summed E-state index contributed by atoms with van der Waals surface area (Å²) < 4.78 is 13.6. The summed E-state index contributed by atoms with van der Waals surface area (Å²) in [5.41, 5.74) is 0.412. The lowest BCUT2D eigenvalue weighted by Gasteiger charge is -2.27. The Bertz CT molecular complexity index is 531. The van der Waals surface area contributed by atoms with E-state index in [-0.39, 0.29) is 24.9 Å². The molecule has 1 saturated carbocycles. The van der Waals surface area contributed by atoms with Crippen LogP contribution in [0.4, 0.5) is 9.18 Å². The standard InChI is InChI=1S/C15H19FN2O3/c1-17(9-12-4-2-3-5-13(12)16)15(21)18(10-14(19)20)8-11-6-7-11/h2-5,11H,6-10H2,1H3,(H,19,20). The quantitative estimate of drug-likeness (QED) is 0.874. The highest BCUT2D eigenvalue weighted by atomic mass is 19.1. The van der Waals surface area contributed by atoms with Crippen molar-refractivity contribution in [3.05, 3.63) is 35.6 Å². The molecule has 0 heterocycles. The maximum Gasteiger partial charge on any atom is 0.323 e. The van der Waals surface area contributed by atoms with Crippen molar-refractivity contribution in [3.63, 3.8) is 0 Å². The van der Waals surface area contributed by atoms with Crippen LogP contribution >= 0.6 is 0 Å². The molecule has 0 radical (unpaired) electrons. The van der Waals surface area contributed by atoms with Crippen molar-refractivity contribution in [1.82, 2.24) is 9.80 Å². The van der Waals surface area contributed by atoms with Gasteiger partial charge in [-0.1, -0.05) is 18.2 Å². The molecule has 6 heteroatoms. The molecule has 2 amide bonds. The fourth-order valence-corrected chi connectivity index (χ4v) is 2.18. The first kappa shape index (κ1) is 15.3. The summed E-state index contributed by atoms with van der Waals surface area (Å²) in [7, 11) is 1.55. The molecule has 0 aromatic heterocycles. The number of rotatable bonds is 6. The van der Waals surface area contributed by atoms with Crippen LogP contribution in [-0.2, 0) is 11.3 Å². The van der Waals surface area contributed by atoms with Gasteiger partial charge in [0.2, 0.25) is 0 Å². The van der Waals surface area contributed by atoms with Gasteiger partial charge in [0, 0.05) is 25.7 Å². The first-order valence-corrected chi connectivity index (χ1v) is 6.92. The highest BCUT2D eigenvalue weighted by Gasteiger charge is 2.29. The largest absolute Gasteiger partial charge is 0.480 e. The van der Waals surface area contributed by atoms with Crippen LogP contribution in [0.25, 0.3) is 0 Å². The molecule has 1 aromatic carbocycles. The zero-order valence-corrected chi connectivity index (χ0v) is 12.0. The molecule has 114 valence electrons. The molecular formula is C15H19FN2O3. The maximum atomic E-state index is 13.6. The number of carbonyl (C=O) groups excluding carboxylic acids is 1. The van der Waals surface area contributed by atoms with E-state index in [2.05, 4.69) is 0 Å². The highest BCUT2D eigenvalue weighted by Crippen LogP contribution is 2.30. The van der Waals surface area contributed by atoms with Crippen molar-refractivity contribution in [1.29, 1.82) is 0 Å². The number of carboxylic acids is 1. The van der Waals surface area contributed by atoms with Crippen LogP contribution in [0.5, 0.6) is 0 Å². The Labute approximate surface area is 123 Å². The van der Waals surface area contributed by atoms with Crippen LogP contribution in [-0.4, -0.2) is 47.0 Å². The topological polar surface area (TPSA) is 60.9 Å². The van der Waals surface area contributed by atoms with E-state index in [9.17, 15) is 14.0 Å². The zero-order chi connectivity index (χ0) is 15.4. The third kappa shape index (κ3) is 4.44. The molecule has 0 unspecified atom stereocenters. The minimum atomic E-state index is -1.04. The van der Waals surface area contributed by atoms with Gasteiger partial charge >= 0.3 is 12.0 Å². The van der Waals surface area contributed by atoms with Crippen LogP contribution in [0.1, 0.15) is 18.4 Å². The molecule has 2 rings (SSSR count). The number of nitrogens with zero attached hydrogens (tertiary/aromatic N) is 2. The van der Waals surface area contributed by atoms with Crippen LogP contribution in [0.2, 0.25) is 0 Å². The molecule has 5 nitrogen and oxygen atoms in total. The molecule has 21 heavy (non-hydrogen) atoms. The number of hydrogen-bond donors (Lipinski definition) is 1. The van der Waals surface area contributed by atoms with Gasteiger partial charge in [0.1, 0.15) is 12.4 Å². The fourth-order valence-electron chi connectivity index (χ4n) is 2.18. The second-order valence-corrected chi connectivity index (χ2v) is 5.45. The second-order valence-electron chi connectivity index (χ2n) is 5.45. The molecule has 1 aliphatic rings. The number of urea groups is 1. The van der Waals surface area contributed by atoms with Crippen molar-refractivity contribution in [2.24, 2.45) is 5.92 Å². The summed E-state index contributed by atoms with van der Waals surface area (Å²) in [6.07, 6.45) is 2.06. The second kappa shape index (κ2) is 6.56. The summed E-state index contributed by atoms with van der Waals surface area (Å²) in [6, 6.07) is 5.86. The summed E-state index contributed by atoms with van der Waals surface area (Å²) in [6.45, 7) is 0.246. The van der Waals surface area contributed by atoms with Crippen molar-refractivity contribution in [2.45, 2.75) is 19.4 Å². The van der Waals surface area contributed by atoms with Gasteiger partial charge in [-0.3, -0.25) is 4.79 Å². The SMILES string of the molecule is CN(Cc1ccccc1F)C(=O)N(CC(=O)O)CC1CC1. The lowest BCUT2D eigenvalue weighted by molar-refractivity contribution is -0.137. The first-order valence-electron chi connectivity index (χ1n) is 6.92. The predicted molar refractivity (Wildman–Crippen MR) is 75.2 cm³/mol. The lowest BCUT2D eigenvalue weighted by atomic mass is 10.2. The van der Waals surface area contributed by atoms with E-state index in [4.69, 9.17) is 5.11 Å². The first-order chi connectivity index (χ1) is 9.97. The summed E-state index contributed by atoms with van der Waals surface area (Å²) in [5, 5.41) is 8.91. The molecule has 0 bridgehead atoms. The number of benzene rings is 1. The van der Waals surface area contributed by atoms with E-state index in [0.29, 0.717) is 18.0 Å². The van der Waals surface area contributed by atoms with E-state index in [1.807, 2.05) is 0 Å². The Morgan fingerprint density at radius 3 is 2.57 bits per heavy atom. The molecular weight excluding hydrogens is 275 g/mol. The van der Waals surface area contributed by atoms with Crippen molar-refractivity contribution < 1.29 is 19.1 Å². The van der Waals surface area contributed by atoms with Crippen molar-refractivity contribution in [3.8, 4) is 0 Å². The zero-order valence-electron chi connectivity index (χ0n) is 12.0. The molecule has 1 aliphatic carbocycles. The van der Waals surface area contributed by atoms with Gasteiger partial charge in [-0.05, 0) is 24.8 Å². The number of carbonyl (C=O) groups is 2. The maximum absolute atomic E-state index is 13.6. The smallest absolute Gasteiger partial charge is 0.323 e. The Kier molecular flexibility index (Phi) is 4.77. The van der Waals surface area contributed by atoms with Crippen LogP contribution in [0.3, 0.4) is 0 Å². The summed E-state index contributed by atoms with van der Waals surface area (Å²) >= 11 is 0. The minimum Gasteiger partial charge on any atom is -0.480 e. The van der Waals surface area contributed by atoms with Crippen molar-refractivity contribution in [2.75, 3.05) is 20.1 Å². The molecule has 1 N–H and O–H groups in total. The molecule has 0 spiro atoms. The number of hydrogen-bond acceptors (Lipinski definition) is 2. The molecule has 0 saturated heterocycles. The van der Waals surface area contributed by atoms with Crippen LogP contribution in [0.15, 0.2) is 24.3 Å². The van der Waals surface area contributed by atoms with E-state index in [1.54, 1.807) is 25.2 Å². The average molecular weight is 294 g/mol. The van der Waals surface area contributed by atoms with Gasteiger partial charge in [-0.15, -0.1) is 0 Å². The third-order valence-electron chi connectivity index (χ3n) is 3.46. The molecule has 1 aromatic rings. The van der Waals surface area contributed by atoms with Gasteiger partial charge in [-0.25, -0.2) is 9.18 Å². The Morgan fingerprint density at radius 1 is 1.33 bits per heavy atom. The predicted octanol–water partition coefficient (Wildman–Crippen LogP) is 2.17. The molecule has 0 atom stereocenters. The number of amides is 2. The summed E-state index contributed by atoms with van der Waals surface area (Å²) in [5.74, 6) is -1.01. The summed E-state index contributed by atoms with van der Waals surface area (Å²) in [4.78, 5) is 25.9. The number of aliphatic carboxylic acids is 1.